The molecule has 0 aromatic heterocycles. The van der Waals surface area contributed by atoms with E-state index in [2.05, 4.69) is 16.8 Å². The summed E-state index contributed by atoms with van der Waals surface area (Å²) in [4.78, 5) is 10.7. The highest BCUT2D eigenvalue weighted by Crippen LogP contribution is 1.94. The zero-order valence-electron chi connectivity index (χ0n) is 7.41. The minimum absolute atomic E-state index is 0.302. The molecule has 0 atom stereocenters. The van der Waals surface area contributed by atoms with Gasteiger partial charge in [0, 0.05) is 12.0 Å². The van der Waals surface area contributed by atoms with Crippen molar-refractivity contribution in [1.82, 2.24) is 0 Å². The van der Waals surface area contributed by atoms with E-state index < -0.39 is 0 Å². The van der Waals surface area contributed by atoms with E-state index in [0.29, 0.717) is 6.42 Å². The van der Waals surface area contributed by atoms with Crippen LogP contribution in [0.1, 0.15) is 18.9 Å². The summed E-state index contributed by atoms with van der Waals surface area (Å²) in [5, 5.41) is 0. The summed E-state index contributed by atoms with van der Waals surface area (Å²) in [5.41, 5.74) is 0.839. The molecule has 2 heteroatoms. The molecule has 1 aromatic rings. The summed E-state index contributed by atoms with van der Waals surface area (Å²) in [5.74, 6) is 2.41. The van der Waals surface area contributed by atoms with Crippen LogP contribution >= 0.6 is 0 Å². The van der Waals surface area contributed by atoms with Crippen LogP contribution in [0.5, 0.6) is 0 Å². The Morgan fingerprint density at radius 2 is 2.08 bits per heavy atom. The van der Waals surface area contributed by atoms with Crippen molar-refractivity contribution in [3.63, 3.8) is 0 Å². The fraction of sp³-hybridized carbons (Fsp3) is 0.182. The van der Waals surface area contributed by atoms with Gasteiger partial charge in [-0.1, -0.05) is 25.1 Å². The van der Waals surface area contributed by atoms with E-state index in [1.54, 1.807) is 6.92 Å². The lowest BCUT2D eigenvalue weighted by molar-refractivity contribution is -0.136. The molecule has 0 fully saturated rings. The molecule has 0 bridgehead atoms. The quantitative estimate of drug-likeness (QED) is 0.480. The molecule has 0 aliphatic carbocycles. The number of hydrogen-bond donors (Lipinski definition) is 0. The van der Waals surface area contributed by atoms with Gasteiger partial charge in [0.15, 0.2) is 0 Å². The molecule has 0 aliphatic heterocycles. The van der Waals surface area contributed by atoms with Crippen LogP contribution in [0.15, 0.2) is 30.3 Å². The lowest BCUT2D eigenvalue weighted by Gasteiger charge is -1.88. The zero-order chi connectivity index (χ0) is 9.52. The van der Waals surface area contributed by atoms with Crippen LogP contribution in [-0.4, -0.2) is 5.97 Å². The first kappa shape index (κ1) is 9.34. The van der Waals surface area contributed by atoms with E-state index in [1.165, 1.54) is 0 Å². The highest BCUT2D eigenvalue weighted by atomic mass is 16.5. The minimum Gasteiger partial charge on any atom is -0.372 e. The molecule has 13 heavy (non-hydrogen) atoms. The molecule has 2 nitrogen and oxygen atoms in total. The topological polar surface area (TPSA) is 26.3 Å². The van der Waals surface area contributed by atoms with Crippen LogP contribution in [0, 0.1) is 12.0 Å². The SMILES string of the molecule is CCC(=O)OC#Cc1ccccc1. The maximum absolute atomic E-state index is 10.7. The Morgan fingerprint density at radius 1 is 1.38 bits per heavy atom. The van der Waals surface area contributed by atoms with Gasteiger partial charge in [-0.15, -0.1) is 0 Å². The van der Waals surface area contributed by atoms with Crippen LogP contribution < -0.4 is 0 Å². The molecule has 0 saturated heterocycles. The van der Waals surface area contributed by atoms with E-state index in [1.807, 2.05) is 30.3 Å². The highest BCUT2D eigenvalue weighted by molar-refractivity contribution is 5.70. The van der Waals surface area contributed by atoms with Crippen molar-refractivity contribution >= 4 is 5.97 Å². The maximum atomic E-state index is 10.7. The predicted octanol–water partition coefficient (Wildman–Crippen LogP) is 1.95. The van der Waals surface area contributed by atoms with Gasteiger partial charge in [0.2, 0.25) is 0 Å². The minimum atomic E-state index is -0.302. The number of benzene rings is 1. The van der Waals surface area contributed by atoms with Gasteiger partial charge in [-0.3, -0.25) is 4.79 Å². The number of ether oxygens (including phenoxy) is 1. The van der Waals surface area contributed by atoms with Gasteiger partial charge in [-0.2, -0.15) is 0 Å². The average molecular weight is 174 g/mol. The number of hydrogen-bond acceptors (Lipinski definition) is 2. The Hall–Kier alpha value is -1.75. The molecule has 0 heterocycles. The summed E-state index contributed by atoms with van der Waals surface area (Å²) in [6, 6.07) is 9.38. The molecule has 0 N–H and O–H groups in total. The van der Waals surface area contributed by atoms with Gasteiger partial charge in [0.05, 0.1) is 0 Å². The van der Waals surface area contributed by atoms with E-state index in [4.69, 9.17) is 0 Å². The molecule has 0 radical (unpaired) electrons. The monoisotopic (exact) mass is 174 g/mol. The molecule has 0 saturated carbocycles. The van der Waals surface area contributed by atoms with Crippen LogP contribution in [0.25, 0.3) is 0 Å². The van der Waals surface area contributed by atoms with E-state index in [9.17, 15) is 4.79 Å². The lowest BCUT2D eigenvalue weighted by atomic mass is 10.2. The fourth-order valence-corrected chi connectivity index (χ4v) is 0.735. The summed E-state index contributed by atoms with van der Waals surface area (Å²) >= 11 is 0. The van der Waals surface area contributed by atoms with Crippen LogP contribution in [0.3, 0.4) is 0 Å². The Labute approximate surface area is 77.5 Å². The van der Waals surface area contributed by atoms with Crippen LogP contribution in [0.2, 0.25) is 0 Å². The number of rotatable bonds is 1. The summed E-state index contributed by atoms with van der Waals surface area (Å²) in [6.07, 6.45) is 2.70. The van der Waals surface area contributed by atoms with Gasteiger partial charge >= 0.3 is 5.97 Å². The third-order valence-corrected chi connectivity index (χ3v) is 1.42. The lowest BCUT2D eigenvalue weighted by Crippen LogP contribution is -1.95. The third-order valence-electron chi connectivity index (χ3n) is 1.42. The van der Waals surface area contributed by atoms with Crippen molar-refractivity contribution in [3.05, 3.63) is 35.9 Å². The Balaban J connectivity index is 2.54. The molecule has 66 valence electrons. The fourth-order valence-electron chi connectivity index (χ4n) is 0.735. The molecular weight excluding hydrogens is 164 g/mol. The van der Waals surface area contributed by atoms with Crippen molar-refractivity contribution in [3.8, 4) is 12.0 Å². The van der Waals surface area contributed by atoms with Gasteiger partial charge < -0.3 is 4.74 Å². The molecular formula is C11H10O2. The average Bonchev–Trinajstić information content (AvgIpc) is 2.19. The standard InChI is InChI=1S/C11H10O2/c1-2-11(12)13-9-8-10-6-4-3-5-7-10/h3-7H,2H2,1H3. The van der Waals surface area contributed by atoms with E-state index in [-0.39, 0.29) is 5.97 Å². The number of esters is 1. The molecule has 0 aliphatic rings. The van der Waals surface area contributed by atoms with Crippen molar-refractivity contribution in [2.24, 2.45) is 0 Å². The van der Waals surface area contributed by atoms with Crippen molar-refractivity contribution < 1.29 is 9.53 Å². The van der Waals surface area contributed by atoms with Gasteiger partial charge in [-0.05, 0) is 18.1 Å². The molecule has 0 unspecified atom stereocenters. The summed E-state index contributed by atoms with van der Waals surface area (Å²) in [6.45, 7) is 1.73. The first-order chi connectivity index (χ1) is 6.33. The van der Waals surface area contributed by atoms with Crippen molar-refractivity contribution in [1.29, 1.82) is 0 Å². The van der Waals surface area contributed by atoms with Crippen LogP contribution in [0.4, 0.5) is 0 Å². The first-order valence-electron chi connectivity index (χ1n) is 4.08. The third kappa shape index (κ3) is 3.44. The second-order valence-corrected chi connectivity index (χ2v) is 2.42. The molecule has 1 rings (SSSR count). The summed E-state index contributed by atoms with van der Waals surface area (Å²) < 4.78 is 4.60. The Morgan fingerprint density at radius 3 is 2.69 bits per heavy atom. The molecule has 0 amide bonds. The molecule has 1 aromatic carbocycles. The second kappa shape index (κ2) is 5.00. The maximum Gasteiger partial charge on any atom is 0.319 e. The second-order valence-electron chi connectivity index (χ2n) is 2.42. The smallest absolute Gasteiger partial charge is 0.319 e. The normalized spacial score (nSPS) is 8.38. The van der Waals surface area contributed by atoms with Crippen LogP contribution in [-0.2, 0) is 9.53 Å². The largest absolute Gasteiger partial charge is 0.372 e. The zero-order valence-corrected chi connectivity index (χ0v) is 7.41. The van der Waals surface area contributed by atoms with Gasteiger partial charge in [-0.25, -0.2) is 0 Å². The van der Waals surface area contributed by atoms with Crippen molar-refractivity contribution in [2.75, 3.05) is 0 Å². The molecule has 0 spiro atoms. The number of carbonyl (C=O) groups excluding carboxylic acids is 1. The van der Waals surface area contributed by atoms with Crippen molar-refractivity contribution in [2.45, 2.75) is 13.3 Å². The Kier molecular flexibility index (Phi) is 3.59. The van der Waals surface area contributed by atoms with E-state index >= 15 is 0 Å². The first-order valence-corrected chi connectivity index (χ1v) is 4.08. The van der Waals surface area contributed by atoms with E-state index in [0.717, 1.165) is 5.56 Å². The highest BCUT2D eigenvalue weighted by Gasteiger charge is 1.92. The number of carbonyl (C=O) groups is 1. The van der Waals surface area contributed by atoms with Gasteiger partial charge in [0.25, 0.3) is 0 Å². The van der Waals surface area contributed by atoms with Gasteiger partial charge in [0.1, 0.15) is 6.11 Å². The Bertz CT molecular complexity index is 330. The summed E-state index contributed by atoms with van der Waals surface area (Å²) in [7, 11) is 0. The predicted molar refractivity (Wildman–Crippen MR) is 49.7 cm³/mol.